The molecular formula is C24H30N4O4S. The van der Waals surface area contributed by atoms with Crippen molar-refractivity contribution < 1.29 is 19.1 Å². The van der Waals surface area contributed by atoms with E-state index in [1.54, 1.807) is 11.3 Å². The quantitative estimate of drug-likeness (QED) is 0.628. The lowest BCUT2D eigenvalue weighted by atomic mass is 9.93. The van der Waals surface area contributed by atoms with Crippen molar-refractivity contribution in [2.75, 3.05) is 20.2 Å². The number of esters is 1. The van der Waals surface area contributed by atoms with Crippen LogP contribution in [0.5, 0.6) is 0 Å². The minimum Gasteiger partial charge on any atom is -0.469 e. The van der Waals surface area contributed by atoms with E-state index in [1.807, 2.05) is 9.58 Å². The Labute approximate surface area is 197 Å². The molecule has 1 saturated carbocycles. The molecule has 2 aromatic heterocycles. The largest absolute Gasteiger partial charge is 0.469 e. The van der Waals surface area contributed by atoms with E-state index in [-0.39, 0.29) is 30.7 Å². The molecular weight excluding hydrogens is 440 g/mol. The maximum atomic E-state index is 13.5. The monoisotopic (exact) mass is 470 g/mol. The van der Waals surface area contributed by atoms with Crippen LogP contribution in [0.15, 0.2) is 5.38 Å². The smallest absolute Gasteiger partial charge is 0.307 e. The first-order valence-electron chi connectivity index (χ1n) is 11.9. The minimum absolute atomic E-state index is 0.0702. The van der Waals surface area contributed by atoms with Crippen molar-refractivity contribution in [3.05, 3.63) is 38.3 Å². The number of hydrogen-bond acceptors (Lipinski definition) is 6. The van der Waals surface area contributed by atoms with Gasteiger partial charge in [-0.1, -0.05) is 0 Å². The van der Waals surface area contributed by atoms with Crippen LogP contribution in [-0.2, 0) is 41.9 Å². The highest BCUT2D eigenvalue weighted by Gasteiger charge is 2.33. The number of methoxy groups -OCH3 is 1. The number of ether oxygens (including phenoxy) is 1. The summed E-state index contributed by atoms with van der Waals surface area (Å²) in [6, 6.07) is 0. The van der Waals surface area contributed by atoms with E-state index in [4.69, 9.17) is 0 Å². The van der Waals surface area contributed by atoms with Gasteiger partial charge in [0.25, 0.3) is 11.8 Å². The van der Waals surface area contributed by atoms with Crippen molar-refractivity contribution in [3.8, 4) is 0 Å². The molecule has 176 valence electrons. The molecule has 2 aromatic rings. The Hall–Kier alpha value is -2.68. The first-order valence-corrected chi connectivity index (χ1v) is 12.7. The van der Waals surface area contributed by atoms with Gasteiger partial charge in [-0.25, -0.2) is 0 Å². The number of nitrogens with one attached hydrogen (secondary N) is 1. The van der Waals surface area contributed by atoms with Gasteiger partial charge in [0.1, 0.15) is 0 Å². The summed E-state index contributed by atoms with van der Waals surface area (Å²) in [5.74, 6) is 0.0301. The molecule has 0 saturated heterocycles. The predicted molar refractivity (Wildman–Crippen MR) is 123 cm³/mol. The first kappa shape index (κ1) is 22.1. The maximum Gasteiger partial charge on any atom is 0.307 e. The summed E-state index contributed by atoms with van der Waals surface area (Å²) in [5.41, 5.74) is 4.84. The SMILES string of the molecule is COC(=O)CCNC(=O)c1nn(CC2CC2)c2c1CN(C(=O)c1scc3c1CCCC3)CC2. The molecule has 3 aliphatic rings. The Kier molecular flexibility index (Phi) is 6.23. The number of carbonyl (C=O) groups excluding carboxylic acids is 3. The molecule has 0 bridgehead atoms. The van der Waals surface area contributed by atoms with E-state index in [0.29, 0.717) is 31.1 Å². The fraction of sp³-hybridized carbons (Fsp3) is 0.583. The van der Waals surface area contributed by atoms with E-state index in [0.717, 1.165) is 41.9 Å². The molecule has 2 amide bonds. The van der Waals surface area contributed by atoms with E-state index in [9.17, 15) is 14.4 Å². The fourth-order valence-corrected chi connectivity index (χ4v) is 5.97. The zero-order valence-corrected chi connectivity index (χ0v) is 19.8. The second kappa shape index (κ2) is 9.29. The Morgan fingerprint density at radius 2 is 2.00 bits per heavy atom. The summed E-state index contributed by atoms with van der Waals surface area (Å²) in [7, 11) is 1.33. The highest BCUT2D eigenvalue weighted by molar-refractivity contribution is 7.12. The summed E-state index contributed by atoms with van der Waals surface area (Å²) in [6.45, 7) is 2.05. The molecule has 2 aliphatic carbocycles. The zero-order valence-electron chi connectivity index (χ0n) is 19.0. The Bertz CT molecular complexity index is 1080. The molecule has 1 aliphatic heterocycles. The van der Waals surface area contributed by atoms with Crippen LogP contribution in [0, 0.1) is 5.92 Å². The summed E-state index contributed by atoms with van der Waals surface area (Å²) in [5, 5.41) is 9.61. The highest BCUT2D eigenvalue weighted by atomic mass is 32.1. The van der Waals surface area contributed by atoms with Crippen molar-refractivity contribution in [2.45, 2.75) is 64.5 Å². The number of thiophene rings is 1. The number of hydrogen-bond donors (Lipinski definition) is 1. The number of aromatic nitrogens is 2. The molecule has 33 heavy (non-hydrogen) atoms. The topological polar surface area (TPSA) is 93.5 Å². The van der Waals surface area contributed by atoms with E-state index < -0.39 is 0 Å². The van der Waals surface area contributed by atoms with Crippen LogP contribution in [0.2, 0.25) is 0 Å². The fourth-order valence-electron chi connectivity index (χ4n) is 4.85. The van der Waals surface area contributed by atoms with Gasteiger partial charge in [0.2, 0.25) is 0 Å². The number of nitrogens with zero attached hydrogens (tertiary/aromatic N) is 3. The lowest BCUT2D eigenvalue weighted by Crippen LogP contribution is -2.37. The van der Waals surface area contributed by atoms with Crippen LogP contribution >= 0.6 is 11.3 Å². The van der Waals surface area contributed by atoms with Crippen LogP contribution in [0.3, 0.4) is 0 Å². The number of carbonyl (C=O) groups is 3. The zero-order chi connectivity index (χ0) is 22.9. The second-order valence-corrected chi connectivity index (χ2v) is 10.1. The Morgan fingerprint density at radius 1 is 1.18 bits per heavy atom. The third-order valence-corrected chi connectivity index (χ3v) is 7.96. The van der Waals surface area contributed by atoms with Crippen molar-refractivity contribution >= 4 is 29.1 Å². The lowest BCUT2D eigenvalue weighted by molar-refractivity contribution is -0.140. The lowest BCUT2D eigenvalue weighted by Gasteiger charge is -2.28. The number of amides is 2. The van der Waals surface area contributed by atoms with Crippen LogP contribution in [-0.4, -0.2) is 52.7 Å². The minimum atomic E-state index is -0.368. The summed E-state index contributed by atoms with van der Waals surface area (Å²) >= 11 is 1.56. The van der Waals surface area contributed by atoms with Crippen LogP contribution in [0.1, 0.15) is 74.6 Å². The van der Waals surface area contributed by atoms with E-state index in [2.05, 4.69) is 20.5 Å². The number of rotatable bonds is 7. The van der Waals surface area contributed by atoms with Gasteiger partial charge in [-0.05, 0) is 60.9 Å². The van der Waals surface area contributed by atoms with Gasteiger partial charge in [-0.2, -0.15) is 5.10 Å². The van der Waals surface area contributed by atoms with Gasteiger partial charge >= 0.3 is 5.97 Å². The molecule has 5 rings (SSSR count). The molecule has 0 radical (unpaired) electrons. The van der Waals surface area contributed by atoms with Crippen molar-refractivity contribution in [2.24, 2.45) is 5.92 Å². The maximum absolute atomic E-state index is 13.5. The standard InChI is InChI=1S/C24H30N4O4S/c1-32-20(29)8-10-25-23(30)21-18-13-27(11-9-19(18)28(26-21)12-15-6-7-15)24(31)22-17-5-3-2-4-16(17)14-33-22/h14-15H,2-13H2,1H3,(H,25,30). The average molecular weight is 471 g/mol. The molecule has 1 N–H and O–H groups in total. The molecule has 3 heterocycles. The molecule has 1 fully saturated rings. The van der Waals surface area contributed by atoms with Crippen molar-refractivity contribution in [1.82, 2.24) is 20.0 Å². The second-order valence-electron chi connectivity index (χ2n) is 9.23. The van der Waals surface area contributed by atoms with Crippen LogP contribution in [0.25, 0.3) is 0 Å². The van der Waals surface area contributed by atoms with Crippen LogP contribution < -0.4 is 5.32 Å². The molecule has 0 atom stereocenters. The van der Waals surface area contributed by atoms with E-state index >= 15 is 0 Å². The first-order chi connectivity index (χ1) is 16.0. The van der Waals surface area contributed by atoms with Gasteiger partial charge in [-0.3, -0.25) is 19.1 Å². The van der Waals surface area contributed by atoms with Crippen molar-refractivity contribution in [3.63, 3.8) is 0 Å². The third kappa shape index (κ3) is 4.55. The van der Waals surface area contributed by atoms with Crippen molar-refractivity contribution in [1.29, 1.82) is 0 Å². The Morgan fingerprint density at radius 3 is 2.79 bits per heavy atom. The normalized spacial score (nSPS) is 17.3. The van der Waals surface area contributed by atoms with Gasteiger partial charge in [-0.15, -0.1) is 11.3 Å². The molecule has 0 spiro atoms. The summed E-state index contributed by atoms with van der Waals surface area (Å²) in [4.78, 5) is 40.5. The summed E-state index contributed by atoms with van der Waals surface area (Å²) in [6.07, 6.45) is 7.58. The number of aryl methyl sites for hydroxylation is 1. The molecule has 0 aromatic carbocycles. The van der Waals surface area contributed by atoms with Gasteiger partial charge in [0.05, 0.1) is 25.0 Å². The highest BCUT2D eigenvalue weighted by Crippen LogP contribution is 2.34. The third-order valence-electron chi connectivity index (χ3n) is 6.90. The molecule has 8 nitrogen and oxygen atoms in total. The van der Waals surface area contributed by atoms with Gasteiger partial charge in [0, 0.05) is 37.3 Å². The molecule has 0 unspecified atom stereocenters. The average Bonchev–Trinajstić information content (AvgIpc) is 3.43. The van der Waals surface area contributed by atoms with Gasteiger partial charge in [0.15, 0.2) is 5.69 Å². The predicted octanol–water partition coefficient (Wildman–Crippen LogP) is 2.72. The molecule has 9 heteroatoms. The van der Waals surface area contributed by atoms with E-state index in [1.165, 1.54) is 37.5 Å². The number of fused-ring (bicyclic) bond motifs is 2. The summed E-state index contributed by atoms with van der Waals surface area (Å²) < 4.78 is 6.63. The van der Waals surface area contributed by atoms with Crippen LogP contribution in [0.4, 0.5) is 0 Å². The Balaban J connectivity index is 1.36. The van der Waals surface area contributed by atoms with Gasteiger partial charge < -0.3 is 15.0 Å².